The Labute approximate surface area is 141 Å². The number of hydrogen-bond acceptors (Lipinski definition) is 3. The standard InChI is InChI=1S/C19H22N2O3/c1-12-7-8-18-16(9-12)17(11-24-18)20-19(23)21(3)13(2)14-5-4-6-15(22)10-14/h4-10,13,17,22H,11H2,1-3H3,(H,20,23). The SMILES string of the molecule is Cc1ccc2c(c1)C(NC(=O)N(C)C(C)c1cccc(O)c1)CO2. The van der Waals surface area contributed by atoms with E-state index in [-0.39, 0.29) is 23.9 Å². The predicted octanol–water partition coefficient (Wildman–Crippen LogP) is 3.54. The van der Waals surface area contributed by atoms with Crippen LogP contribution in [0.3, 0.4) is 0 Å². The molecule has 0 saturated heterocycles. The van der Waals surface area contributed by atoms with E-state index in [2.05, 4.69) is 5.32 Å². The summed E-state index contributed by atoms with van der Waals surface area (Å²) in [6, 6.07) is 12.5. The minimum Gasteiger partial charge on any atom is -0.508 e. The third-order valence-corrected chi connectivity index (χ3v) is 4.50. The molecule has 0 saturated carbocycles. The van der Waals surface area contributed by atoms with Crippen LogP contribution in [0.25, 0.3) is 0 Å². The van der Waals surface area contributed by atoms with Gasteiger partial charge in [-0.15, -0.1) is 0 Å². The zero-order valence-electron chi connectivity index (χ0n) is 14.1. The summed E-state index contributed by atoms with van der Waals surface area (Å²) in [6.07, 6.45) is 0. The van der Waals surface area contributed by atoms with Crippen molar-refractivity contribution in [3.05, 3.63) is 59.2 Å². The number of nitrogens with one attached hydrogen (secondary N) is 1. The summed E-state index contributed by atoms with van der Waals surface area (Å²) >= 11 is 0. The Morgan fingerprint density at radius 2 is 2.12 bits per heavy atom. The molecule has 2 unspecified atom stereocenters. The molecule has 1 aliphatic heterocycles. The second kappa shape index (κ2) is 6.43. The number of aryl methyl sites for hydroxylation is 1. The van der Waals surface area contributed by atoms with E-state index in [0.717, 1.165) is 22.4 Å². The van der Waals surface area contributed by atoms with Crippen molar-refractivity contribution >= 4 is 6.03 Å². The normalized spacial score (nSPS) is 16.9. The van der Waals surface area contributed by atoms with Crippen molar-refractivity contribution in [2.45, 2.75) is 25.9 Å². The molecule has 2 amide bonds. The molecule has 24 heavy (non-hydrogen) atoms. The zero-order valence-corrected chi connectivity index (χ0v) is 14.1. The van der Waals surface area contributed by atoms with E-state index in [0.29, 0.717) is 6.61 Å². The molecule has 1 aliphatic rings. The number of rotatable bonds is 3. The van der Waals surface area contributed by atoms with E-state index < -0.39 is 0 Å². The molecule has 5 nitrogen and oxygen atoms in total. The summed E-state index contributed by atoms with van der Waals surface area (Å²) in [7, 11) is 1.75. The molecule has 0 spiro atoms. The first-order valence-electron chi connectivity index (χ1n) is 8.01. The van der Waals surface area contributed by atoms with Gasteiger partial charge in [-0.3, -0.25) is 0 Å². The number of hydrogen-bond donors (Lipinski definition) is 2. The maximum atomic E-state index is 12.6. The van der Waals surface area contributed by atoms with Gasteiger partial charge in [0.05, 0.1) is 12.1 Å². The molecule has 2 aromatic rings. The summed E-state index contributed by atoms with van der Waals surface area (Å²) < 4.78 is 5.64. The van der Waals surface area contributed by atoms with Crippen molar-refractivity contribution in [3.8, 4) is 11.5 Å². The van der Waals surface area contributed by atoms with Gasteiger partial charge in [0.2, 0.25) is 0 Å². The average molecular weight is 326 g/mol. The maximum absolute atomic E-state index is 12.6. The Hall–Kier alpha value is -2.69. The number of ether oxygens (including phenoxy) is 1. The number of nitrogens with zero attached hydrogens (tertiary/aromatic N) is 1. The second-order valence-electron chi connectivity index (χ2n) is 6.24. The molecule has 3 rings (SSSR count). The smallest absolute Gasteiger partial charge is 0.318 e. The topological polar surface area (TPSA) is 61.8 Å². The van der Waals surface area contributed by atoms with Crippen LogP contribution in [0.15, 0.2) is 42.5 Å². The zero-order chi connectivity index (χ0) is 17.3. The first kappa shape index (κ1) is 16.2. The minimum absolute atomic E-state index is 0.147. The molecule has 2 N–H and O–H groups in total. The van der Waals surface area contributed by atoms with Gasteiger partial charge in [-0.1, -0.05) is 29.8 Å². The fourth-order valence-electron chi connectivity index (χ4n) is 2.89. The number of fused-ring (bicyclic) bond motifs is 1. The molecule has 0 bridgehead atoms. The number of amides is 2. The number of benzene rings is 2. The van der Waals surface area contributed by atoms with Crippen LogP contribution in [0.2, 0.25) is 0 Å². The van der Waals surface area contributed by atoms with Gasteiger partial charge in [-0.05, 0) is 37.6 Å². The number of phenolic OH excluding ortho intramolecular Hbond substituents is 1. The maximum Gasteiger partial charge on any atom is 0.318 e. The molecule has 2 atom stereocenters. The molecule has 126 valence electrons. The van der Waals surface area contributed by atoms with Crippen molar-refractivity contribution in [3.63, 3.8) is 0 Å². The van der Waals surface area contributed by atoms with Gasteiger partial charge in [-0.25, -0.2) is 4.79 Å². The highest BCUT2D eigenvalue weighted by Gasteiger charge is 2.28. The molecule has 5 heteroatoms. The number of carbonyl (C=O) groups excluding carboxylic acids is 1. The van der Waals surface area contributed by atoms with E-state index in [1.54, 1.807) is 30.1 Å². The Kier molecular flexibility index (Phi) is 4.34. The molecule has 0 radical (unpaired) electrons. The largest absolute Gasteiger partial charge is 0.508 e. The third-order valence-electron chi connectivity index (χ3n) is 4.50. The van der Waals surface area contributed by atoms with Crippen molar-refractivity contribution in [2.24, 2.45) is 0 Å². The van der Waals surface area contributed by atoms with Gasteiger partial charge >= 0.3 is 6.03 Å². The number of urea groups is 1. The van der Waals surface area contributed by atoms with Crippen LogP contribution in [-0.4, -0.2) is 29.7 Å². The highest BCUT2D eigenvalue weighted by Crippen LogP contribution is 2.33. The summed E-state index contributed by atoms with van der Waals surface area (Å²) in [4.78, 5) is 14.2. The fraction of sp³-hybridized carbons (Fsp3) is 0.316. The predicted molar refractivity (Wildman–Crippen MR) is 92.2 cm³/mol. The highest BCUT2D eigenvalue weighted by atomic mass is 16.5. The minimum atomic E-state index is -0.172. The van der Waals surface area contributed by atoms with E-state index in [9.17, 15) is 9.90 Å². The van der Waals surface area contributed by atoms with Crippen LogP contribution in [0.1, 0.15) is 35.7 Å². The van der Waals surface area contributed by atoms with E-state index >= 15 is 0 Å². The lowest BCUT2D eigenvalue weighted by Gasteiger charge is -2.27. The van der Waals surface area contributed by atoms with Crippen LogP contribution >= 0.6 is 0 Å². The summed E-state index contributed by atoms with van der Waals surface area (Å²) in [5, 5.41) is 12.6. The number of aromatic hydroxyl groups is 1. The van der Waals surface area contributed by atoms with Crippen molar-refractivity contribution < 1.29 is 14.6 Å². The highest BCUT2D eigenvalue weighted by molar-refractivity contribution is 5.75. The van der Waals surface area contributed by atoms with Gasteiger partial charge in [0.1, 0.15) is 18.1 Å². The molecular weight excluding hydrogens is 304 g/mol. The van der Waals surface area contributed by atoms with Gasteiger partial charge in [0.25, 0.3) is 0 Å². The quantitative estimate of drug-likeness (QED) is 0.907. The van der Waals surface area contributed by atoms with Gasteiger partial charge < -0.3 is 20.1 Å². The van der Waals surface area contributed by atoms with Crippen LogP contribution in [0.4, 0.5) is 4.79 Å². The van der Waals surface area contributed by atoms with Crippen molar-refractivity contribution in [1.82, 2.24) is 10.2 Å². The van der Waals surface area contributed by atoms with Crippen molar-refractivity contribution in [1.29, 1.82) is 0 Å². The van der Waals surface area contributed by atoms with Gasteiger partial charge in [0.15, 0.2) is 0 Å². The molecular formula is C19H22N2O3. The lowest BCUT2D eigenvalue weighted by Crippen LogP contribution is -2.41. The molecule has 0 aromatic heterocycles. The number of phenols is 1. The van der Waals surface area contributed by atoms with Crippen LogP contribution in [-0.2, 0) is 0 Å². The lowest BCUT2D eigenvalue weighted by molar-refractivity contribution is 0.187. The monoisotopic (exact) mass is 326 g/mol. The Balaban J connectivity index is 1.71. The summed E-state index contributed by atoms with van der Waals surface area (Å²) in [5.41, 5.74) is 3.04. The summed E-state index contributed by atoms with van der Waals surface area (Å²) in [6.45, 7) is 4.39. The number of carbonyl (C=O) groups is 1. The third kappa shape index (κ3) is 3.15. The molecule has 1 heterocycles. The first-order valence-corrected chi connectivity index (χ1v) is 8.01. The Morgan fingerprint density at radius 1 is 1.33 bits per heavy atom. The molecule has 0 fully saturated rings. The summed E-state index contributed by atoms with van der Waals surface area (Å²) in [5.74, 6) is 1.02. The van der Waals surface area contributed by atoms with Gasteiger partial charge in [-0.2, -0.15) is 0 Å². The fourth-order valence-corrected chi connectivity index (χ4v) is 2.89. The van der Waals surface area contributed by atoms with E-state index in [1.807, 2.05) is 38.1 Å². The van der Waals surface area contributed by atoms with Crippen LogP contribution < -0.4 is 10.1 Å². The van der Waals surface area contributed by atoms with Crippen LogP contribution in [0.5, 0.6) is 11.5 Å². The molecule has 0 aliphatic carbocycles. The first-order chi connectivity index (χ1) is 11.5. The molecule has 2 aromatic carbocycles. The van der Waals surface area contributed by atoms with Crippen molar-refractivity contribution in [2.75, 3.05) is 13.7 Å². The Bertz CT molecular complexity index is 760. The van der Waals surface area contributed by atoms with Crippen LogP contribution in [0, 0.1) is 6.92 Å². The van der Waals surface area contributed by atoms with E-state index in [4.69, 9.17) is 4.74 Å². The van der Waals surface area contributed by atoms with Gasteiger partial charge in [0, 0.05) is 12.6 Å². The average Bonchev–Trinajstić information content (AvgIpc) is 2.95. The van der Waals surface area contributed by atoms with E-state index in [1.165, 1.54) is 0 Å². The Morgan fingerprint density at radius 3 is 2.88 bits per heavy atom. The lowest BCUT2D eigenvalue weighted by atomic mass is 10.1. The second-order valence-corrected chi connectivity index (χ2v) is 6.24.